The number of unbranched alkanes of at least 4 members (excludes halogenated alkanes) is 4. The monoisotopic (exact) mass is 334 g/mol. The van der Waals surface area contributed by atoms with Gasteiger partial charge in [-0.25, -0.2) is 0 Å². The van der Waals surface area contributed by atoms with Crippen LogP contribution < -0.4 is 14.3 Å². The first kappa shape index (κ1) is 18.8. The van der Waals surface area contributed by atoms with Crippen LogP contribution in [-0.2, 0) is 30.5 Å². The van der Waals surface area contributed by atoms with Gasteiger partial charge in [-0.15, -0.1) is 0 Å². The van der Waals surface area contributed by atoms with Crippen molar-refractivity contribution in [3.8, 4) is 5.75 Å². The van der Waals surface area contributed by atoms with Crippen LogP contribution in [0.2, 0.25) is 0 Å². The van der Waals surface area contributed by atoms with Crippen molar-refractivity contribution in [3.63, 3.8) is 0 Å². The summed E-state index contributed by atoms with van der Waals surface area (Å²) in [6.45, 7) is 2.18. The molecule has 1 aromatic rings. The maximum atomic E-state index is 10.4. The molecule has 1 rings (SSSR count). The molecule has 0 atom stereocenters. The Morgan fingerprint density at radius 2 is 1.63 bits per heavy atom. The van der Waals surface area contributed by atoms with Crippen molar-refractivity contribution >= 4 is 7.82 Å². The summed E-state index contributed by atoms with van der Waals surface area (Å²) >= 11 is 0. The molecule has 0 fully saturated rings. The van der Waals surface area contributed by atoms with Crippen LogP contribution in [0.4, 0.5) is 0 Å². The van der Waals surface area contributed by atoms with Crippen LogP contribution in [0, 0.1) is 0 Å². The Hall–Kier alpha value is -0.207. The van der Waals surface area contributed by atoms with E-state index >= 15 is 0 Å². The second kappa shape index (κ2) is 9.66. The van der Waals surface area contributed by atoms with E-state index in [1.807, 2.05) is 0 Å². The van der Waals surface area contributed by atoms with Crippen LogP contribution >= 0.6 is 7.82 Å². The largest absolute Gasteiger partial charge is 2.00 e. The molecule has 0 saturated carbocycles. The maximum Gasteiger partial charge on any atom is 2.00 e. The summed E-state index contributed by atoms with van der Waals surface area (Å²) in [5, 5.41) is 0. The molecule has 1 aromatic carbocycles. The van der Waals surface area contributed by atoms with Gasteiger partial charge in [0.25, 0.3) is 0 Å². The minimum Gasteiger partial charge on any atom is -0.780 e. The Balaban J connectivity index is 0.00000324. The van der Waals surface area contributed by atoms with Gasteiger partial charge in [0, 0.05) is 0 Å². The van der Waals surface area contributed by atoms with Crippen molar-refractivity contribution in [1.29, 1.82) is 0 Å². The molecule has 6 heteroatoms. The predicted octanol–water partition coefficient (Wildman–Crippen LogP) is 2.40. The minimum atomic E-state index is -4.94. The molecule has 0 heterocycles. The van der Waals surface area contributed by atoms with E-state index in [2.05, 4.69) is 11.4 Å². The summed E-state index contributed by atoms with van der Waals surface area (Å²) in [4.78, 5) is 20.8. The van der Waals surface area contributed by atoms with Crippen molar-refractivity contribution in [2.75, 3.05) is 0 Å². The molecule has 19 heavy (non-hydrogen) atoms. The molecular weight excluding hydrogens is 317 g/mol. The normalized spacial score (nSPS) is 10.9. The van der Waals surface area contributed by atoms with Crippen molar-refractivity contribution in [2.24, 2.45) is 0 Å². The number of benzene rings is 1. The van der Waals surface area contributed by atoms with Gasteiger partial charge in [-0.2, -0.15) is 0 Å². The summed E-state index contributed by atoms with van der Waals surface area (Å²) in [5.74, 6) is 0.0815. The number of rotatable bonds is 8. The average Bonchev–Trinajstić information content (AvgIpc) is 2.29. The third-order valence-electron chi connectivity index (χ3n) is 2.71. The molecule has 0 unspecified atom stereocenters. The molecule has 0 bridgehead atoms. The first-order chi connectivity index (χ1) is 8.51. The van der Waals surface area contributed by atoms with Crippen LogP contribution in [0.1, 0.15) is 44.6 Å². The van der Waals surface area contributed by atoms with Crippen LogP contribution in [0.5, 0.6) is 5.75 Å². The van der Waals surface area contributed by atoms with E-state index in [1.165, 1.54) is 37.8 Å². The zero-order valence-corrected chi connectivity index (χ0v) is 15.2. The van der Waals surface area contributed by atoms with Crippen molar-refractivity contribution < 1.29 is 38.4 Å². The molecular formula is C13H19O4PZn. The zero-order valence-electron chi connectivity index (χ0n) is 11.3. The van der Waals surface area contributed by atoms with Gasteiger partial charge < -0.3 is 18.9 Å². The van der Waals surface area contributed by atoms with Crippen LogP contribution in [0.15, 0.2) is 24.3 Å². The summed E-state index contributed by atoms with van der Waals surface area (Å²) in [5.41, 5.74) is 1.13. The molecule has 102 valence electrons. The molecule has 0 saturated heterocycles. The number of phosphoric acid groups is 1. The van der Waals surface area contributed by atoms with Crippen molar-refractivity contribution in [2.45, 2.75) is 45.4 Å². The summed E-state index contributed by atoms with van der Waals surface area (Å²) in [7, 11) is -4.94. The molecule has 0 aliphatic carbocycles. The number of hydrogen-bond donors (Lipinski definition) is 0. The van der Waals surface area contributed by atoms with E-state index in [0.717, 1.165) is 18.4 Å². The van der Waals surface area contributed by atoms with Crippen LogP contribution in [-0.4, -0.2) is 0 Å². The number of hydrogen-bond acceptors (Lipinski definition) is 4. The van der Waals surface area contributed by atoms with Gasteiger partial charge in [-0.1, -0.05) is 44.7 Å². The molecule has 0 amide bonds. The average molecular weight is 336 g/mol. The molecule has 0 radical (unpaired) electrons. The molecule has 4 nitrogen and oxygen atoms in total. The Morgan fingerprint density at radius 3 is 2.16 bits per heavy atom. The fourth-order valence-corrected chi connectivity index (χ4v) is 2.16. The van der Waals surface area contributed by atoms with Gasteiger partial charge in [-0.05, 0) is 30.5 Å². The Morgan fingerprint density at radius 1 is 1.05 bits per heavy atom. The smallest absolute Gasteiger partial charge is 0.780 e. The quantitative estimate of drug-likeness (QED) is 0.415. The summed E-state index contributed by atoms with van der Waals surface area (Å²) in [6, 6.07) is 6.63. The Bertz CT molecular complexity index is 388. The third-order valence-corrected chi connectivity index (χ3v) is 3.14. The summed E-state index contributed by atoms with van der Waals surface area (Å²) < 4.78 is 14.7. The van der Waals surface area contributed by atoms with Gasteiger partial charge in [0.2, 0.25) is 0 Å². The van der Waals surface area contributed by atoms with E-state index in [-0.39, 0.29) is 25.2 Å². The third kappa shape index (κ3) is 9.34. The van der Waals surface area contributed by atoms with E-state index in [1.54, 1.807) is 12.1 Å². The Labute approximate surface area is 127 Å². The van der Waals surface area contributed by atoms with Crippen molar-refractivity contribution in [3.05, 3.63) is 29.8 Å². The minimum absolute atomic E-state index is 0. The standard InChI is InChI=1S/C13H21O4P.Zn/c1-2-3-4-5-6-7-12-8-10-13(11-9-12)17-18(14,15)16;/h8-11H,2-7H2,1H3,(H2,14,15,16);/q;+2/p-2. The van der Waals surface area contributed by atoms with Gasteiger partial charge >= 0.3 is 19.5 Å². The topological polar surface area (TPSA) is 72.4 Å². The van der Waals surface area contributed by atoms with Crippen LogP contribution in [0.25, 0.3) is 0 Å². The van der Waals surface area contributed by atoms with E-state index in [0.29, 0.717) is 0 Å². The van der Waals surface area contributed by atoms with E-state index < -0.39 is 7.82 Å². The molecule has 0 N–H and O–H groups in total. The SMILES string of the molecule is CCCCCCCc1ccc(OP(=O)([O-])[O-])cc1.[Zn+2]. The Kier molecular flexibility index (Phi) is 9.55. The zero-order chi connectivity index (χ0) is 13.4. The second-order valence-electron chi connectivity index (χ2n) is 4.35. The predicted molar refractivity (Wildman–Crippen MR) is 67.1 cm³/mol. The molecule has 0 aliphatic rings. The molecule has 0 aromatic heterocycles. The van der Waals surface area contributed by atoms with Gasteiger partial charge in [-0.3, -0.25) is 0 Å². The fraction of sp³-hybridized carbons (Fsp3) is 0.538. The van der Waals surface area contributed by atoms with E-state index in [9.17, 15) is 14.4 Å². The first-order valence-corrected chi connectivity index (χ1v) is 7.78. The number of aryl methyl sites for hydroxylation is 1. The van der Waals surface area contributed by atoms with Gasteiger partial charge in [0.05, 0.1) is 0 Å². The molecule has 0 aliphatic heterocycles. The fourth-order valence-electron chi connectivity index (χ4n) is 1.78. The van der Waals surface area contributed by atoms with Gasteiger partial charge in [0.1, 0.15) is 13.6 Å². The number of phosphoric ester groups is 1. The van der Waals surface area contributed by atoms with Crippen LogP contribution in [0.3, 0.4) is 0 Å². The summed E-state index contributed by atoms with van der Waals surface area (Å²) in [6.07, 6.45) is 7.07. The maximum absolute atomic E-state index is 10.4. The van der Waals surface area contributed by atoms with E-state index in [4.69, 9.17) is 0 Å². The van der Waals surface area contributed by atoms with Gasteiger partial charge in [0.15, 0.2) is 0 Å². The molecule has 0 spiro atoms. The second-order valence-corrected chi connectivity index (χ2v) is 5.42. The first-order valence-electron chi connectivity index (χ1n) is 6.32. The van der Waals surface area contributed by atoms with Crippen molar-refractivity contribution in [1.82, 2.24) is 0 Å².